The molecular weight excluding hydrogens is 371 g/mol. The van der Waals surface area contributed by atoms with Gasteiger partial charge in [0.25, 0.3) is 10.0 Å². The molecule has 0 saturated heterocycles. The maximum Gasteiger partial charge on any atom is 0.416 e. The van der Waals surface area contributed by atoms with Gasteiger partial charge < -0.3 is 0 Å². The number of halogens is 4. The van der Waals surface area contributed by atoms with Gasteiger partial charge >= 0.3 is 6.18 Å². The van der Waals surface area contributed by atoms with Crippen LogP contribution in [-0.4, -0.2) is 8.42 Å². The van der Waals surface area contributed by atoms with E-state index in [1.165, 1.54) is 12.1 Å². The largest absolute Gasteiger partial charge is 0.416 e. The quantitative estimate of drug-likeness (QED) is 0.865. The van der Waals surface area contributed by atoms with E-state index in [0.29, 0.717) is 10.5 Å². The van der Waals surface area contributed by atoms with Gasteiger partial charge in [0.2, 0.25) is 0 Å². The summed E-state index contributed by atoms with van der Waals surface area (Å²) < 4.78 is 64.9. The fourth-order valence-corrected chi connectivity index (χ4v) is 3.10. The number of hydrogen-bond acceptors (Lipinski definition) is 2. The third-order valence-corrected chi connectivity index (χ3v) is 4.42. The average molecular weight is 380 g/mol. The molecule has 8 heteroatoms. The van der Waals surface area contributed by atoms with Crippen molar-refractivity contribution < 1.29 is 21.6 Å². The van der Waals surface area contributed by atoms with Crippen molar-refractivity contribution in [2.45, 2.75) is 11.1 Å². The lowest BCUT2D eigenvalue weighted by Crippen LogP contribution is -2.14. The normalized spacial score (nSPS) is 12.2. The van der Waals surface area contributed by atoms with Crippen molar-refractivity contribution in [2.75, 3.05) is 4.72 Å². The molecule has 0 unspecified atom stereocenters. The van der Waals surface area contributed by atoms with E-state index in [1.54, 1.807) is 12.1 Å². The second-order valence-electron chi connectivity index (χ2n) is 4.14. The second-order valence-corrected chi connectivity index (χ2v) is 6.74. The summed E-state index contributed by atoms with van der Waals surface area (Å²) in [4.78, 5) is -0.447. The zero-order valence-corrected chi connectivity index (χ0v) is 12.8. The molecule has 0 bridgehead atoms. The Bertz CT molecular complexity index is 760. The van der Waals surface area contributed by atoms with Crippen LogP contribution in [0.1, 0.15) is 5.56 Å². The van der Waals surface area contributed by atoms with Crippen LogP contribution in [0.5, 0.6) is 0 Å². The van der Waals surface area contributed by atoms with Crippen molar-refractivity contribution in [3.8, 4) is 0 Å². The van der Waals surface area contributed by atoms with Crippen LogP contribution in [0.2, 0.25) is 0 Å². The van der Waals surface area contributed by atoms with Crippen LogP contribution in [0.4, 0.5) is 18.9 Å². The highest BCUT2D eigenvalue weighted by Crippen LogP contribution is 2.31. The molecule has 3 nitrogen and oxygen atoms in total. The summed E-state index contributed by atoms with van der Waals surface area (Å²) in [5, 5.41) is 0. The Balaban J connectivity index is 2.36. The third kappa shape index (κ3) is 3.98. The average Bonchev–Trinajstić information content (AvgIpc) is 2.37. The van der Waals surface area contributed by atoms with E-state index >= 15 is 0 Å². The van der Waals surface area contributed by atoms with Crippen molar-refractivity contribution in [1.29, 1.82) is 0 Å². The van der Waals surface area contributed by atoms with Crippen LogP contribution in [0, 0.1) is 0 Å². The number of rotatable bonds is 3. The summed E-state index contributed by atoms with van der Waals surface area (Å²) in [6.45, 7) is 0. The molecule has 0 saturated carbocycles. The van der Waals surface area contributed by atoms with Gasteiger partial charge in [0, 0.05) is 10.2 Å². The van der Waals surface area contributed by atoms with E-state index in [1.807, 2.05) is 0 Å². The van der Waals surface area contributed by atoms with E-state index in [0.717, 1.165) is 18.2 Å². The fourth-order valence-electron chi connectivity index (χ4n) is 1.61. The predicted octanol–water partition coefficient (Wildman–Crippen LogP) is 4.27. The smallest absolute Gasteiger partial charge is 0.280 e. The Labute approximate surface area is 128 Å². The first-order valence-corrected chi connectivity index (χ1v) is 7.92. The van der Waals surface area contributed by atoms with Crippen LogP contribution >= 0.6 is 15.9 Å². The number of hydrogen-bond donors (Lipinski definition) is 1. The molecular formula is C13H9BrF3NO2S. The lowest BCUT2D eigenvalue weighted by molar-refractivity contribution is -0.137. The van der Waals surface area contributed by atoms with Gasteiger partial charge in [-0.3, -0.25) is 4.72 Å². The molecule has 0 aromatic heterocycles. The molecule has 0 radical (unpaired) electrons. The van der Waals surface area contributed by atoms with Gasteiger partial charge in [-0.2, -0.15) is 13.2 Å². The Hall–Kier alpha value is -1.54. The monoisotopic (exact) mass is 379 g/mol. The highest BCUT2D eigenvalue weighted by molar-refractivity contribution is 9.10. The fraction of sp³-hybridized carbons (Fsp3) is 0.0769. The number of anilines is 1. The minimum Gasteiger partial charge on any atom is -0.280 e. The van der Waals surface area contributed by atoms with E-state index < -0.39 is 26.7 Å². The topological polar surface area (TPSA) is 46.2 Å². The maximum absolute atomic E-state index is 12.6. The van der Waals surface area contributed by atoms with E-state index in [9.17, 15) is 21.6 Å². The standard InChI is InChI=1S/C13H9BrF3NO2S/c14-10-4-2-5-11(8-10)18-21(19,20)12-6-1-3-9(7-12)13(15,16)17/h1-8,18H. The first-order valence-electron chi connectivity index (χ1n) is 5.64. The molecule has 0 aliphatic rings. The molecule has 0 spiro atoms. The van der Waals surface area contributed by atoms with Gasteiger partial charge in [0.05, 0.1) is 10.5 Å². The Morgan fingerprint density at radius 3 is 2.29 bits per heavy atom. The molecule has 0 amide bonds. The molecule has 0 aliphatic carbocycles. The number of alkyl halides is 3. The van der Waals surface area contributed by atoms with Gasteiger partial charge in [-0.25, -0.2) is 8.42 Å². The van der Waals surface area contributed by atoms with E-state index in [-0.39, 0.29) is 5.69 Å². The van der Waals surface area contributed by atoms with E-state index in [2.05, 4.69) is 20.7 Å². The molecule has 0 atom stereocenters. The highest BCUT2D eigenvalue weighted by atomic mass is 79.9. The number of nitrogens with one attached hydrogen (secondary N) is 1. The van der Waals surface area contributed by atoms with Gasteiger partial charge in [0.15, 0.2) is 0 Å². The summed E-state index contributed by atoms with van der Waals surface area (Å²) in [6, 6.07) is 9.88. The lowest BCUT2D eigenvalue weighted by atomic mass is 10.2. The van der Waals surface area contributed by atoms with Crippen LogP contribution in [0.3, 0.4) is 0 Å². The van der Waals surface area contributed by atoms with Gasteiger partial charge in [0.1, 0.15) is 0 Å². The maximum atomic E-state index is 12.6. The summed E-state index contributed by atoms with van der Waals surface area (Å²) in [6.07, 6.45) is -4.60. The second kappa shape index (κ2) is 5.69. The molecule has 21 heavy (non-hydrogen) atoms. The van der Waals surface area contributed by atoms with Crippen LogP contribution in [-0.2, 0) is 16.2 Å². The highest BCUT2D eigenvalue weighted by Gasteiger charge is 2.31. The first kappa shape index (κ1) is 15.8. The Morgan fingerprint density at radius 1 is 1.00 bits per heavy atom. The number of benzene rings is 2. The summed E-state index contributed by atoms with van der Waals surface area (Å²) in [5.41, 5.74) is -0.763. The van der Waals surface area contributed by atoms with Crippen LogP contribution in [0.15, 0.2) is 57.9 Å². The lowest BCUT2D eigenvalue weighted by Gasteiger charge is -2.11. The van der Waals surface area contributed by atoms with Crippen molar-refractivity contribution >= 4 is 31.6 Å². The minimum atomic E-state index is -4.60. The molecule has 0 aliphatic heterocycles. The van der Waals surface area contributed by atoms with Gasteiger partial charge in [-0.05, 0) is 36.4 Å². The molecule has 0 fully saturated rings. The zero-order valence-electron chi connectivity index (χ0n) is 10.4. The molecule has 2 aromatic carbocycles. The van der Waals surface area contributed by atoms with E-state index in [4.69, 9.17) is 0 Å². The Morgan fingerprint density at radius 2 is 1.67 bits per heavy atom. The van der Waals surface area contributed by atoms with Crippen molar-refractivity contribution in [3.05, 3.63) is 58.6 Å². The van der Waals surface area contributed by atoms with Crippen molar-refractivity contribution in [1.82, 2.24) is 0 Å². The first-order chi connectivity index (χ1) is 9.68. The molecule has 0 heterocycles. The van der Waals surface area contributed by atoms with Gasteiger partial charge in [-0.1, -0.05) is 28.1 Å². The molecule has 2 aromatic rings. The van der Waals surface area contributed by atoms with Gasteiger partial charge in [-0.15, -0.1) is 0 Å². The minimum absolute atomic E-state index is 0.252. The number of sulfonamides is 1. The van der Waals surface area contributed by atoms with Crippen LogP contribution < -0.4 is 4.72 Å². The predicted molar refractivity (Wildman–Crippen MR) is 76.4 cm³/mol. The summed E-state index contributed by atoms with van der Waals surface area (Å²) in [5.74, 6) is 0. The summed E-state index contributed by atoms with van der Waals surface area (Å²) >= 11 is 3.18. The van der Waals surface area contributed by atoms with Crippen LogP contribution in [0.25, 0.3) is 0 Å². The third-order valence-electron chi connectivity index (χ3n) is 2.55. The molecule has 1 N–H and O–H groups in total. The van der Waals surface area contributed by atoms with Crippen molar-refractivity contribution in [2.24, 2.45) is 0 Å². The molecule has 112 valence electrons. The SMILES string of the molecule is O=S(=O)(Nc1cccc(Br)c1)c1cccc(C(F)(F)F)c1. The zero-order chi connectivity index (χ0) is 15.7. The molecule has 2 rings (SSSR count). The van der Waals surface area contributed by atoms with Crippen molar-refractivity contribution in [3.63, 3.8) is 0 Å². The summed E-state index contributed by atoms with van der Waals surface area (Å²) in [7, 11) is -4.08. The Kier molecular flexibility index (Phi) is 4.29.